The second-order valence-corrected chi connectivity index (χ2v) is 8.69. The first kappa shape index (κ1) is 23.0. The Balaban J connectivity index is 1.59. The first-order valence-electron chi connectivity index (χ1n) is 9.30. The molecule has 0 spiro atoms. The molecule has 2 N–H and O–H groups in total. The Morgan fingerprint density at radius 2 is 1.61 bits per heavy atom. The predicted octanol–water partition coefficient (Wildman–Crippen LogP) is 5.29. The molecule has 0 radical (unpaired) electrons. The van der Waals surface area contributed by atoms with Gasteiger partial charge in [0.2, 0.25) is 5.91 Å². The van der Waals surface area contributed by atoms with E-state index in [2.05, 4.69) is 33.2 Å². The number of halogens is 1. The topological polar surface area (TPSA) is 76.7 Å². The number of nitrogens with one attached hydrogen (secondary N) is 2. The molecule has 0 unspecified atom stereocenters. The quantitative estimate of drug-likeness (QED) is 0.296. The number of rotatable bonds is 8. The van der Waals surface area contributed by atoms with Crippen LogP contribution in [0.25, 0.3) is 0 Å². The molecule has 3 aromatic rings. The van der Waals surface area contributed by atoms with E-state index in [0.717, 1.165) is 14.2 Å². The summed E-state index contributed by atoms with van der Waals surface area (Å²) in [7, 11) is 3.07. The van der Waals surface area contributed by atoms with Gasteiger partial charge in [-0.05, 0) is 83.3 Å². The van der Waals surface area contributed by atoms with Crippen molar-refractivity contribution in [3.63, 3.8) is 0 Å². The molecule has 8 heteroatoms. The lowest BCUT2D eigenvalue weighted by molar-refractivity contribution is -0.113. The van der Waals surface area contributed by atoms with Gasteiger partial charge in [-0.1, -0.05) is 6.07 Å². The molecular weight excluding hydrogens is 527 g/mol. The Labute approximate surface area is 198 Å². The lowest BCUT2D eigenvalue weighted by Crippen LogP contribution is -2.14. The van der Waals surface area contributed by atoms with Crippen molar-refractivity contribution >= 4 is 57.5 Å². The molecule has 0 heterocycles. The number of anilines is 2. The summed E-state index contributed by atoms with van der Waals surface area (Å²) in [4.78, 5) is 25.7. The van der Waals surface area contributed by atoms with Gasteiger partial charge in [-0.3, -0.25) is 9.59 Å². The molecule has 0 bridgehead atoms. The van der Waals surface area contributed by atoms with Crippen LogP contribution in [0.2, 0.25) is 0 Å². The maximum atomic E-state index is 12.6. The van der Waals surface area contributed by atoms with Gasteiger partial charge >= 0.3 is 0 Å². The Morgan fingerprint density at radius 1 is 0.871 bits per heavy atom. The lowest BCUT2D eigenvalue weighted by atomic mass is 10.2. The summed E-state index contributed by atoms with van der Waals surface area (Å²) in [5, 5.41) is 5.74. The number of carbonyl (C=O) groups is 2. The second-order valence-electron chi connectivity index (χ2n) is 6.40. The molecular formula is C23H21IN2O4S. The van der Waals surface area contributed by atoms with Crippen LogP contribution in [0.15, 0.2) is 71.6 Å². The Hall–Kier alpha value is -2.72. The van der Waals surface area contributed by atoms with Gasteiger partial charge in [0.15, 0.2) is 11.5 Å². The number of ether oxygens (including phenoxy) is 2. The number of hydrogen-bond acceptors (Lipinski definition) is 5. The molecule has 2 amide bonds. The summed E-state index contributed by atoms with van der Waals surface area (Å²) < 4.78 is 11.6. The Bertz CT molecular complexity index is 1070. The average Bonchev–Trinajstić information content (AvgIpc) is 2.79. The van der Waals surface area contributed by atoms with Gasteiger partial charge in [0, 0.05) is 25.4 Å². The highest BCUT2D eigenvalue weighted by Crippen LogP contribution is 2.28. The zero-order valence-corrected chi connectivity index (χ0v) is 20.0. The van der Waals surface area contributed by atoms with E-state index in [1.165, 1.54) is 18.9 Å². The van der Waals surface area contributed by atoms with Gasteiger partial charge in [0.1, 0.15) is 0 Å². The molecule has 3 aromatic carbocycles. The summed E-state index contributed by atoms with van der Waals surface area (Å²) in [5.74, 6) is 0.948. The molecule has 6 nitrogen and oxygen atoms in total. The fourth-order valence-electron chi connectivity index (χ4n) is 2.72. The third kappa shape index (κ3) is 6.63. The minimum Gasteiger partial charge on any atom is -0.493 e. The van der Waals surface area contributed by atoms with Crippen LogP contribution in [0, 0.1) is 3.57 Å². The van der Waals surface area contributed by atoms with Crippen LogP contribution in [-0.2, 0) is 4.79 Å². The largest absolute Gasteiger partial charge is 0.493 e. The van der Waals surface area contributed by atoms with Crippen LogP contribution in [-0.4, -0.2) is 31.8 Å². The van der Waals surface area contributed by atoms with Gasteiger partial charge in [0.05, 0.1) is 20.0 Å². The highest BCUT2D eigenvalue weighted by molar-refractivity contribution is 14.1. The number of carbonyl (C=O) groups excluding carboxylic acids is 2. The number of amides is 2. The predicted molar refractivity (Wildman–Crippen MR) is 132 cm³/mol. The van der Waals surface area contributed by atoms with Crippen LogP contribution in [0.3, 0.4) is 0 Å². The van der Waals surface area contributed by atoms with E-state index in [0.29, 0.717) is 22.7 Å². The van der Waals surface area contributed by atoms with Crippen LogP contribution in [0.4, 0.5) is 11.4 Å². The normalized spacial score (nSPS) is 10.3. The monoisotopic (exact) mass is 548 g/mol. The number of hydrogen-bond donors (Lipinski definition) is 2. The molecule has 0 saturated carbocycles. The Morgan fingerprint density at radius 3 is 2.32 bits per heavy atom. The van der Waals surface area contributed by atoms with E-state index in [1.807, 2.05) is 42.5 Å². The summed E-state index contributed by atoms with van der Waals surface area (Å²) in [6, 6.07) is 20.0. The smallest absolute Gasteiger partial charge is 0.255 e. The van der Waals surface area contributed by atoms with Crippen molar-refractivity contribution in [2.75, 3.05) is 30.6 Å². The standard InChI is InChI=1S/C23H21IN2O4S/c1-29-20-11-6-15(12-21(20)30-2)23(28)26-18-4-3-5-19(13-18)31-14-22(27)25-17-9-7-16(24)8-10-17/h3-13H,14H2,1-2H3,(H,25,27)(H,26,28). The zero-order chi connectivity index (χ0) is 22.2. The lowest BCUT2D eigenvalue weighted by Gasteiger charge is -2.11. The average molecular weight is 548 g/mol. The van der Waals surface area contributed by atoms with Crippen LogP contribution in [0.1, 0.15) is 10.4 Å². The third-order valence-electron chi connectivity index (χ3n) is 4.24. The fourth-order valence-corrected chi connectivity index (χ4v) is 3.84. The summed E-state index contributed by atoms with van der Waals surface area (Å²) in [5.41, 5.74) is 1.86. The molecule has 0 aliphatic carbocycles. The molecule has 0 fully saturated rings. The third-order valence-corrected chi connectivity index (χ3v) is 5.95. The van der Waals surface area contributed by atoms with Crippen LogP contribution in [0.5, 0.6) is 11.5 Å². The summed E-state index contributed by atoms with van der Waals surface area (Å²) >= 11 is 3.61. The minimum absolute atomic E-state index is 0.0917. The van der Waals surface area contributed by atoms with Crippen LogP contribution < -0.4 is 20.1 Å². The molecule has 160 valence electrons. The van der Waals surface area contributed by atoms with Crippen molar-refractivity contribution in [2.45, 2.75) is 4.90 Å². The SMILES string of the molecule is COc1ccc(C(=O)Nc2cccc(SCC(=O)Nc3ccc(I)cc3)c2)cc1OC. The van der Waals surface area contributed by atoms with Crippen molar-refractivity contribution < 1.29 is 19.1 Å². The molecule has 0 saturated heterocycles. The van der Waals surface area contributed by atoms with E-state index >= 15 is 0 Å². The molecule has 0 aliphatic heterocycles. The van der Waals surface area contributed by atoms with E-state index in [1.54, 1.807) is 31.4 Å². The molecule has 0 aromatic heterocycles. The van der Waals surface area contributed by atoms with E-state index in [9.17, 15) is 9.59 Å². The highest BCUT2D eigenvalue weighted by Gasteiger charge is 2.12. The maximum Gasteiger partial charge on any atom is 0.255 e. The first-order chi connectivity index (χ1) is 15.0. The minimum atomic E-state index is -0.264. The Kier molecular flexibility index (Phi) is 8.19. The number of methoxy groups -OCH3 is 2. The molecule has 3 rings (SSSR count). The van der Waals surface area contributed by atoms with E-state index < -0.39 is 0 Å². The fraction of sp³-hybridized carbons (Fsp3) is 0.130. The number of benzene rings is 3. The van der Waals surface area contributed by atoms with Crippen molar-refractivity contribution in [1.29, 1.82) is 0 Å². The van der Waals surface area contributed by atoms with Crippen molar-refractivity contribution in [3.05, 3.63) is 75.9 Å². The van der Waals surface area contributed by atoms with Crippen LogP contribution >= 0.6 is 34.4 Å². The molecule has 0 aliphatic rings. The van der Waals surface area contributed by atoms with Crippen molar-refractivity contribution in [3.8, 4) is 11.5 Å². The van der Waals surface area contributed by atoms with Gasteiger partial charge in [-0.25, -0.2) is 0 Å². The molecule has 0 atom stereocenters. The van der Waals surface area contributed by atoms with Crippen molar-refractivity contribution in [2.24, 2.45) is 0 Å². The number of thioether (sulfide) groups is 1. The van der Waals surface area contributed by atoms with Gasteiger partial charge < -0.3 is 20.1 Å². The van der Waals surface area contributed by atoms with Gasteiger partial charge in [-0.2, -0.15) is 0 Å². The summed E-state index contributed by atoms with van der Waals surface area (Å²) in [6.45, 7) is 0. The van der Waals surface area contributed by atoms with Gasteiger partial charge in [0.25, 0.3) is 5.91 Å². The highest BCUT2D eigenvalue weighted by atomic mass is 127. The first-order valence-corrected chi connectivity index (χ1v) is 11.4. The van der Waals surface area contributed by atoms with Gasteiger partial charge in [-0.15, -0.1) is 11.8 Å². The second kappa shape index (κ2) is 11.1. The summed E-state index contributed by atoms with van der Waals surface area (Å²) in [6.07, 6.45) is 0. The van der Waals surface area contributed by atoms with E-state index in [-0.39, 0.29) is 17.6 Å². The van der Waals surface area contributed by atoms with Crippen molar-refractivity contribution in [1.82, 2.24) is 0 Å². The molecule has 31 heavy (non-hydrogen) atoms. The van der Waals surface area contributed by atoms with E-state index in [4.69, 9.17) is 9.47 Å². The maximum absolute atomic E-state index is 12.6. The zero-order valence-electron chi connectivity index (χ0n) is 17.0.